The highest BCUT2D eigenvalue weighted by molar-refractivity contribution is 7.00. The van der Waals surface area contributed by atoms with E-state index in [9.17, 15) is 0 Å². The van der Waals surface area contributed by atoms with Gasteiger partial charge in [-0.1, -0.05) is 133 Å². The lowest BCUT2D eigenvalue weighted by molar-refractivity contribution is 1.08. The summed E-state index contributed by atoms with van der Waals surface area (Å²) in [5, 5.41) is 7.86. The van der Waals surface area contributed by atoms with Crippen LogP contribution in [0.5, 0.6) is 0 Å². The third-order valence-electron chi connectivity index (χ3n) is 10.4. The molecule has 0 aliphatic carbocycles. The van der Waals surface area contributed by atoms with Gasteiger partial charge in [0.25, 0.3) is 0 Å². The summed E-state index contributed by atoms with van der Waals surface area (Å²) >= 11 is 1.24. The quantitative estimate of drug-likeness (QED) is 0.165. The maximum Gasteiger partial charge on any atom is 0.164 e. The van der Waals surface area contributed by atoms with Gasteiger partial charge in [-0.3, -0.25) is 0 Å². The molecule has 6 nitrogen and oxygen atoms in total. The van der Waals surface area contributed by atoms with Gasteiger partial charge in [-0.05, 0) is 69.1 Å². The molecule has 8 aromatic carbocycles. The molecule has 0 N–H and O–H groups in total. The Hall–Kier alpha value is -7.22. The molecule has 11 rings (SSSR count). The molecule has 0 radical (unpaired) electrons. The van der Waals surface area contributed by atoms with Crippen LogP contribution in [-0.4, -0.2) is 28.7 Å². The lowest BCUT2D eigenvalue weighted by atomic mass is 9.97. The second-order valence-corrected chi connectivity index (χ2v) is 14.2. The van der Waals surface area contributed by atoms with E-state index in [4.69, 9.17) is 19.9 Å². The molecule has 0 unspecified atom stereocenters. The fraction of sp³-hybridized carbons (Fsp3) is 0. The number of fused-ring (bicyclic) bond motifs is 7. The Labute approximate surface area is 319 Å². The minimum atomic E-state index is 0.620. The summed E-state index contributed by atoms with van der Waals surface area (Å²) in [4.78, 5) is 20.4. The number of rotatable bonds is 5. The summed E-state index contributed by atoms with van der Waals surface area (Å²) in [6, 6.07) is 58.9. The van der Waals surface area contributed by atoms with Crippen molar-refractivity contribution in [1.29, 1.82) is 0 Å². The zero-order valence-electron chi connectivity index (χ0n) is 29.3. The van der Waals surface area contributed by atoms with Gasteiger partial charge >= 0.3 is 0 Å². The average Bonchev–Trinajstić information content (AvgIpc) is 3.75. The van der Waals surface area contributed by atoms with Gasteiger partial charge in [-0.15, -0.1) is 0 Å². The van der Waals surface area contributed by atoms with Crippen LogP contribution in [0.15, 0.2) is 170 Å². The second kappa shape index (κ2) is 12.7. The van der Waals surface area contributed by atoms with Gasteiger partial charge < -0.3 is 0 Å². The van der Waals surface area contributed by atoms with E-state index in [-0.39, 0.29) is 0 Å². The molecule has 3 heterocycles. The van der Waals surface area contributed by atoms with Crippen LogP contribution in [0, 0.1) is 0 Å². The number of benzene rings is 8. The largest absolute Gasteiger partial charge is 0.247 e. The molecule has 256 valence electrons. The van der Waals surface area contributed by atoms with Crippen molar-refractivity contribution in [1.82, 2.24) is 28.7 Å². The minimum Gasteiger partial charge on any atom is -0.247 e. The monoisotopic (exact) mass is 720 g/mol. The van der Waals surface area contributed by atoms with E-state index in [1.165, 1.54) is 22.5 Å². The van der Waals surface area contributed by atoms with Gasteiger partial charge in [-0.2, -0.15) is 8.75 Å². The molecule has 3 aromatic heterocycles. The smallest absolute Gasteiger partial charge is 0.164 e. The van der Waals surface area contributed by atoms with E-state index in [1.54, 1.807) is 0 Å². The lowest BCUT2D eigenvalue weighted by Crippen LogP contribution is -2.00. The minimum absolute atomic E-state index is 0.620. The van der Waals surface area contributed by atoms with Crippen molar-refractivity contribution in [2.24, 2.45) is 0 Å². The van der Waals surface area contributed by atoms with Crippen LogP contribution in [0.3, 0.4) is 0 Å². The van der Waals surface area contributed by atoms with Crippen molar-refractivity contribution in [2.45, 2.75) is 0 Å². The third-order valence-corrected chi connectivity index (χ3v) is 10.9. The van der Waals surface area contributed by atoms with Gasteiger partial charge in [0.1, 0.15) is 11.0 Å². The first-order valence-electron chi connectivity index (χ1n) is 18.1. The van der Waals surface area contributed by atoms with E-state index in [2.05, 4.69) is 166 Å². The lowest BCUT2D eigenvalue weighted by Gasteiger charge is -2.12. The van der Waals surface area contributed by atoms with Crippen molar-refractivity contribution in [3.05, 3.63) is 170 Å². The van der Waals surface area contributed by atoms with Crippen LogP contribution >= 0.6 is 11.7 Å². The molecular weight excluding hydrogens is 693 g/mol. The standard InChI is InChI=1S/C48H28N6S/c1-3-10-33-27-37(22-18-29(33)8-1)47-50-46(51-48(52-47)38-23-19-30-9-2-4-11-34(30)28-38)36-13-7-12-35(26-36)31-16-20-32(21-17-31)44-40-24-25-42-45(54-55-53-42)43(40)39-14-5-6-15-41(39)49-44/h1-28H. The van der Waals surface area contributed by atoms with Gasteiger partial charge in [0, 0.05) is 38.4 Å². The summed E-state index contributed by atoms with van der Waals surface area (Å²) in [6.07, 6.45) is 0. The summed E-state index contributed by atoms with van der Waals surface area (Å²) in [5.74, 6) is 1.89. The highest BCUT2D eigenvalue weighted by atomic mass is 32.1. The summed E-state index contributed by atoms with van der Waals surface area (Å²) < 4.78 is 9.19. The molecular formula is C48H28N6S. The van der Waals surface area contributed by atoms with Crippen molar-refractivity contribution in [2.75, 3.05) is 0 Å². The van der Waals surface area contributed by atoms with Gasteiger partial charge in [-0.25, -0.2) is 19.9 Å². The average molecular weight is 721 g/mol. The molecule has 0 atom stereocenters. The van der Waals surface area contributed by atoms with Crippen molar-refractivity contribution in [3.8, 4) is 56.5 Å². The Morgan fingerprint density at radius 1 is 0.327 bits per heavy atom. The number of aromatic nitrogens is 6. The highest BCUT2D eigenvalue weighted by Crippen LogP contribution is 2.37. The topological polar surface area (TPSA) is 77.3 Å². The first-order valence-corrected chi connectivity index (χ1v) is 18.8. The van der Waals surface area contributed by atoms with Crippen molar-refractivity contribution >= 4 is 66.0 Å². The van der Waals surface area contributed by atoms with Crippen LogP contribution in [0.25, 0.3) is 111 Å². The number of para-hydroxylation sites is 1. The molecule has 0 fully saturated rings. The fourth-order valence-corrected chi connectivity index (χ4v) is 8.13. The number of hydrogen-bond acceptors (Lipinski definition) is 7. The van der Waals surface area contributed by atoms with Crippen LogP contribution < -0.4 is 0 Å². The Balaban J connectivity index is 1.01. The summed E-state index contributed by atoms with van der Waals surface area (Å²) in [6.45, 7) is 0. The summed E-state index contributed by atoms with van der Waals surface area (Å²) in [7, 11) is 0. The number of hydrogen-bond donors (Lipinski definition) is 0. The number of pyridine rings is 1. The predicted octanol–water partition coefficient (Wildman–Crippen LogP) is 12.2. The Kier molecular flexibility index (Phi) is 7.25. The van der Waals surface area contributed by atoms with Crippen molar-refractivity contribution in [3.63, 3.8) is 0 Å². The maximum absolute atomic E-state index is 5.15. The molecule has 11 aromatic rings. The molecule has 0 amide bonds. The molecule has 0 saturated carbocycles. The normalized spacial score (nSPS) is 11.6. The second-order valence-electron chi connectivity index (χ2n) is 13.7. The van der Waals surface area contributed by atoms with Crippen LogP contribution in [0.4, 0.5) is 0 Å². The first-order chi connectivity index (χ1) is 27.2. The first kappa shape index (κ1) is 31.3. The number of nitrogens with zero attached hydrogens (tertiary/aromatic N) is 6. The Morgan fingerprint density at radius 2 is 0.891 bits per heavy atom. The van der Waals surface area contributed by atoms with Crippen LogP contribution in [0.2, 0.25) is 0 Å². The van der Waals surface area contributed by atoms with Gasteiger partial charge in [0.05, 0.1) is 22.9 Å². The Bertz CT molecular complexity index is 3180. The van der Waals surface area contributed by atoms with E-state index < -0.39 is 0 Å². The zero-order chi connectivity index (χ0) is 36.3. The molecule has 0 bridgehead atoms. The maximum atomic E-state index is 5.15. The van der Waals surface area contributed by atoms with E-state index >= 15 is 0 Å². The van der Waals surface area contributed by atoms with Crippen LogP contribution in [0.1, 0.15) is 0 Å². The van der Waals surface area contributed by atoms with Crippen LogP contribution in [-0.2, 0) is 0 Å². The zero-order valence-corrected chi connectivity index (χ0v) is 30.1. The third kappa shape index (κ3) is 5.48. The Morgan fingerprint density at radius 3 is 1.58 bits per heavy atom. The molecule has 55 heavy (non-hydrogen) atoms. The van der Waals surface area contributed by atoms with E-state index in [0.29, 0.717) is 17.5 Å². The van der Waals surface area contributed by atoms with E-state index in [1.807, 2.05) is 12.1 Å². The molecule has 0 aliphatic heterocycles. The SMILES string of the molecule is c1cc(-c2ccc(-c3nc4ccccc4c4c3ccc3nsnc34)cc2)cc(-c2nc(-c3ccc4ccccc4c3)nc(-c3ccc4ccccc4c3)n2)c1. The van der Waals surface area contributed by atoms with Crippen molar-refractivity contribution < 1.29 is 0 Å². The van der Waals surface area contributed by atoms with Gasteiger partial charge in [0.2, 0.25) is 0 Å². The fourth-order valence-electron chi connectivity index (χ4n) is 7.58. The molecule has 7 heteroatoms. The van der Waals surface area contributed by atoms with E-state index in [0.717, 1.165) is 82.6 Å². The molecule has 0 spiro atoms. The molecule has 0 aliphatic rings. The molecule has 0 saturated heterocycles. The highest BCUT2D eigenvalue weighted by Gasteiger charge is 2.17. The summed E-state index contributed by atoms with van der Waals surface area (Å²) in [5.41, 5.74) is 9.67. The predicted molar refractivity (Wildman–Crippen MR) is 226 cm³/mol. The van der Waals surface area contributed by atoms with Gasteiger partial charge in [0.15, 0.2) is 17.5 Å².